The number of hydrogen-bond donors (Lipinski definition) is 2. The van der Waals surface area contributed by atoms with Crippen molar-refractivity contribution in [3.05, 3.63) is 53.7 Å². The Hall–Kier alpha value is -2.76. The third kappa shape index (κ3) is 5.04. The van der Waals surface area contributed by atoms with Crippen molar-refractivity contribution >= 4 is 21.8 Å². The molecule has 11 heteroatoms. The highest BCUT2D eigenvalue weighted by Crippen LogP contribution is 2.25. The molecule has 0 aliphatic carbocycles. The summed E-state index contributed by atoms with van der Waals surface area (Å²) in [6.45, 7) is 1.81. The van der Waals surface area contributed by atoms with Crippen LogP contribution in [0.1, 0.15) is 17.7 Å². The number of carbonyl (C=O) groups is 2. The van der Waals surface area contributed by atoms with E-state index in [1.807, 2.05) is 0 Å². The molecule has 0 radical (unpaired) electrons. The van der Waals surface area contributed by atoms with Crippen LogP contribution < -0.4 is 10.6 Å². The third-order valence-corrected chi connectivity index (χ3v) is 6.57. The zero-order valence-corrected chi connectivity index (χ0v) is 17.1. The molecule has 0 saturated carbocycles. The normalized spacial score (nSPS) is 17.5. The Balaban J connectivity index is 1.64. The first-order chi connectivity index (χ1) is 14.3. The van der Waals surface area contributed by atoms with Crippen LogP contribution in [0.15, 0.2) is 45.9 Å². The van der Waals surface area contributed by atoms with E-state index in [9.17, 15) is 22.4 Å². The molecule has 1 aliphatic heterocycles. The number of nitrogens with zero attached hydrogens (tertiary/aromatic N) is 1. The quantitative estimate of drug-likeness (QED) is 0.646. The van der Waals surface area contributed by atoms with Gasteiger partial charge in [-0.3, -0.25) is 9.59 Å². The topological polar surface area (TPSA) is 118 Å². The average Bonchev–Trinajstić information content (AvgIpc) is 3.23. The molecule has 9 nitrogen and oxygen atoms in total. The maximum atomic E-state index is 13.4. The van der Waals surface area contributed by atoms with Crippen LogP contribution in [0.2, 0.25) is 0 Å². The summed E-state index contributed by atoms with van der Waals surface area (Å²) in [6.07, 6.45) is 0.919. The van der Waals surface area contributed by atoms with E-state index >= 15 is 0 Å². The first kappa shape index (κ1) is 21.9. The molecule has 1 aromatic heterocycles. The molecule has 1 saturated heterocycles. The number of sulfonamides is 1. The molecule has 162 valence electrons. The van der Waals surface area contributed by atoms with Gasteiger partial charge in [0, 0.05) is 6.54 Å². The zero-order valence-electron chi connectivity index (χ0n) is 16.3. The van der Waals surface area contributed by atoms with Crippen molar-refractivity contribution in [2.24, 2.45) is 0 Å². The number of halogens is 1. The number of amides is 2. The Kier molecular flexibility index (Phi) is 6.85. The second-order valence-electron chi connectivity index (χ2n) is 6.68. The van der Waals surface area contributed by atoms with E-state index in [1.54, 1.807) is 12.1 Å². The lowest BCUT2D eigenvalue weighted by atomic mass is 10.2. The summed E-state index contributed by atoms with van der Waals surface area (Å²) in [5, 5.41) is 4.79. The van der Waals surface area contributed by atoms with Crippen molar-refractivity contribution in [1.82, 2.24) is 14.9 Å². The van der Waals surface area contributed by atoms with E-state index in [0.717, 1.165) is 16.4 Å². The molecule has 0 spiro atoms. The Bertz CT molecular complexity index is 1010. The number of aryl methyl sites for hydroxylation is 1. The van der Waals surface area contributed by atoms with Gasteiger partial charge in [0.15, 0.2) is 0 Å². The fourth-order valence-corrected chi connectivity index (χ4v) is 4.83. The summed E-state index contributed by atoms with van der Waals surface area (Å²) >= 11 is 0. The van der Waals surface area contributed by atoms with E-state index in [0.29, 0.717) is 18.8 Å². The lowest BCUT2D eigenvalue weighted by molar-refractivity contribution is -0.140. The van der Waals surface area contributed by atoms with Gasteiger partial charge in [0.05, 0.1) is 30.9 Å². The van der Waals surface area contributed by atoms with Crippen molar-refractivity contribution in [1.29, 1.82) is 0 Å². The minimum Gasteiger partial charge on any atom is -0.467 e. The Morgan fingerprint density at radius 1 is 1.23 bits per heavy atom. The van der Waals surface area contributed by atoms with E-state index in [2.05, 4.69) is 10.6 Å². The molecule has 30 heavy (non-hydrogen) atoms. The van der Waals surface area contributed by atoms with Crippen LogP contribution in [0.5, 0.6) is 0 Å². The summed E-state index contributed by atoms with van der Waals surface area (Å²) in [7, 11) is -3.99. The summed E-state index contributed by atoms with van der Waals surface area (Å²) in [5.41, 5.74) is 0.265. The smallest absolute Gasteiger partial charge is 0.309 e. The molecule has 2 heterocycles. The van der Waals surface area contributed by atoms with Gasteiger partial charge in [-0.25, -0.2) is 12.8 Å². The minimum absolute atomic E-state index is 0.0399. The largest absolute Gasteiger partial charge is 0.467 e. The summed E-state index contributed by atoms with van der Waals surface area (Å²) in [6, 6.07) is 6.71. The predicted molar refractivity (Wildman–Crippen MR) is 103 cm³/mol. The van der Waals surface area contributed by atoms with Gasteiger partial charge in [-0.2, -0.15) is 4.31 Å². The fraction of sp³-hybridized carbons (Fsp3) is 0.368. The summed E-state index contributed by atoms with van der Waals surface area (Å²) in [5.74, 6) is -1.86. The number of benzene rings is 1. The van der Waals surface area contributed by atoms with E-state index in [-0.39, 0.29) is 30.1 Å². The molecule has 2 N–H and O–H groups in total. The highest BCUT2D eigenvalue weighted by atomic mass is 32.2. The molecular weight excluding hydrogens is 417 g/mol. The average molecular weight is 439 g/mol. The summed E-state index contributed by atoms with van der Waals surface area (Å²) in [4.78, 5) is 23.9. The van der Waals surface area contributed by atoms with E-state index < -0.39 is 33.9 Å². The third-order valence-electron chi connectivity index (χ3n) is 4.52. The summed E-state index contributed by atoms with van der Waals surface area (Å²) < 4.78 is 51.2. The predicted octanol–water partition coefficient (Wildman–Crippen LogP) is 0.897. The Labute approximate surface area is 173 Å². The molecule has 0 unspecified atom stereocenters. The Morgan fingerprint density at radius 2 is 2.00 bits per heavy atom. The standard InChI is InChI=1S/C19H22FN3O6S/c1-13-10-14(20)5-6-16(13)30(26,27)23-7-3-9-29-17(23)12-22-19(25)18(24)21-11-15-4-2-8-28-15/h2,4-6,8,10,17H,3,7,9,11-12H2,1H3,(H,21,24)(H,22,25)/t17-/m0/s1. The van der Waals surface area contributed by atoms with Gasteiger partial charge >= 0.3 is 11.8 Å². The number of furan rings is 1. The van der Waals surface area contributed by atoms with Gasteiger partial charge < -0.3 is 19.8 Å². The van der Waals surface area contributed by atoms with Crippen molar-refractivity contribution in [2.45, 2.75) is 31.0 Å². The van der Waals surface area contributed by atoms with Gasteiger partial charge in [0.25, 0.3) is 0 Å². The van der Waals surface area contributed by atoms with Crippen LogP contribution >= 0.6 is 0 Å². The van der Waals surface area contributed by atoms with Crippen molar-refractivity contribution < 1.29 is 31.6 Å². The van der Waals surface area contributed by atoms with Gasteiger partial charge in [0.2, 0.25) is 10.0 Å². The maximum Gasteiger partial charge on any atom is 0.309 e. The minimum atomic E-state index is -3.99. The van der Waals surface area contributed by atoms with Gasteiger partial charge in [0.1, 0.15) is 17.8 Å². The molecule has 1 aliphatic rings. The molecule has 0 bridgehead atoms. The van der Waals surface area contributed by atoms with Crippen LogP contribution in [-0.2, 0) is 30.9 Å². The molecule has 2 amide bonds. The number of nitrogens with one attached hydrogen (secondary N) is 2. The molecule has 1 aromatic carbocycles. The van der Waals surface area contributed by atoms with Crippen LogP contribution in [0.3, 0.4) is 0 Å². The van der Waals surface area contributed by atoms with Crippen molar-refractivity contribution in [3.8, 4) is 0 Å². The number of carbonyl (C=O) groups excluding carboxylic acids is 2. The molecule has 2 aromatic rings. The molecule has 1 fully saturated rings. The molecular formula is C19H22FN3O6S. The second-order valence-corrected chi connectivity index (χ2v) is 8.54. The number of ether oxygens (including phenoxy) is 1. The monoisotopic (exact) mass is 439 g/mol. The van der Waals surface area contributed by atoms with Crippen LogP contribution in [0.25, 0.3) is 0 Å². The highest BCUT2D eigenvalue weighted by molar-refractivity contribution is 7.89. The SMILES string of the molecule is Cc1cc(F)ccc1S(=O)(=O)N1CCCO[C@H]1CNC(=O)C(=O)NCc1ccco1. The van der Waals surface area contributed by atoms with Crippen molar-refractivity contribution in [3.63, 3.8) is 0 Å². The highest BCUT2D eigenvalue weighted by Gasteiger charge is 2.35. The fourth-order valence-electron chi connectivity index (χ4n) is 3.05. The second kappa shape index (κ2) is 9.37. The van der Waals surface area contributed by atoms with Gasteiger partial charge in [-0.05, 0) is 49.2 Å². The first-order valence-electron chi connectivity index (χ1n) is 9.27. The van der Waals surface area contributed by atoms with Gasteiger partial charge in [-0.1, -0.05) is 0 Å². The number of rotatable bonds is 6. The lowest BCUT2D eigenvalue weighted by Crippen LogP contribution is -2.53. The number of hydrogen-bond acceptors (Lipinski definition) is 6. The molecule has 1 atom stereocenters. The van der Waals surface area contributed by atoms with E-state index in [4.69, 9.17) is 9.15 Å². The van der Waals surface area contributed by atoms with Crippen LogP contribution in [0.4, 0.5) is 4.39 Å². The van der Waals surface area contributed by atoms with Gasteiger partial charge in [-0.15, -0.1) is 0 Å². The van der Waals surface area contributed by atoms with Crippen LogP contribution in [-0.4, -0.2) is 50.5 Å². The molecule has 3 rings (SSSR count). The Morgan fingerprint density at radius 3 is 2.70 bits per heavy atom. The van der Waals surface area contributed by atoms with Crippen molar-refractivity contribution in [2.75, 3.05) is 19.7 Å². The maximum absolute atomic E-state index is 13.4. The zero-order chi connectivity index (χ0) is 21.7. The van der Waals surface area contributed by atoms with Crippen LogP contribution in [0, 0.1) is 12.7 Å². The first-order valence-corrected chi connectivity index (χ1v) is 10.7. The van der Waals surface area contributed by atoms with E-state index in [1.165, 1.54) is 19.3 Å². The lowest BCUT2D eigenvalue weighted by Gasteiger charge is -2.34.